The van der Waals surface area contributed by atoms with Crippen LogP contribution in [0.15, 0.2) is 83.6 Å². The molecule has 7 heteroatoms. The summed E-state index contributed by atoms with van der Waals surface area (Å²) in [4.78, 5) is 28.2. The predicted molar refractivity (Wildman–Crippen MR) is 137 cm³/mol. The fraction of sp³-hybridized carbons (Fsp3) is 0.0769. The summed E-state index contributed by atoms with van der Waals surface area (Å²) in [5, 5.41) is 7.20. The molecule has 1 atom stereocenters. The van der Waals surface area contributed by atoms with Gasteiger partial charge in [0.05, 0.1) is 5.57 Å². The summed E-state index contributed by atoms with van der Waals surface area (Å²) >= 11 is 9.16. The van der Waals surface area contributed by atoms with E-state index < -0.39 is 18.0 Å². The van der Waals surface area contributed by atoms with Crippen molar-refractivity contribution in [3.8, 4) is 0 Å². The topological polar surface area (TPSA) is 55.4 Å². The van der Waals surface area contributed by atoms with Crippen molar-refractivity contribution < 1.29 is 14.3 Å². The standard InChI is InChI=1S/C26H20ClNO3S2/c1-17-11-12-19(15-22(17)27)28-25(29)24(18-7-3-2-4-8-18)31-26(30)21(23-10-6-14-33-23)16-20-9-5-13-32-20/h2-16,24H,1H3,(H,28,29)/b21-16+/t24-/m1/s1. The zero-order valence-corrected chi connectivity index (χ0v) is 20.0. The van der Waals surface area contributed by atoms with Crippen molar-refractivity contribution in [1.82, 2.24) is 0 Å². The number of hydrogen-bond donors (Lipinski definition) is 1. The van der Waals surface area contributed by atoms with Gasteiger partial charge in [-0.3, -0.25) is 4.79 Å². The molecule has 0 aliphatic heterocycles. The van der Waals surface area contributed by atoms with Crippen molar-refractivity contribution in [2.24, 2.45) is 0 Å². The lowest BCUT2D eigenvalue weighted by molar-refractivity contribution is -0.148. The molecule has 4 rings (SSSR count). The molecule has 0 aliphatic carbocycles. The highest BCUT2D eigenvalue weighted by molar-refractivity contribution is 7.12. The Morgan fingerprint density at radius 2 is 1.73 bits per heavy atom. The van der Waals surface area contributed by atoms with Crippen LogP contribution in [0.5, 0.6) is 0 Å². The van der Waals surface area contributed by atoms with Crippen molar-refractivity contribution in [2.45, 2.75) is 13.0 Å². The van der Waals surface area contributed by atoms with Crippen molar-refractivity contribution >= 4 is 63.5 Å². The van der Waals surface area contributed by atoms with Crippen molar-refractivity contribution in [2.75, 3.05) is 5.32 Å². The van der Waals surface area contributed by atoms with Gasteiger partial charge >= 0.3 is 5.97 Å². The number of rotatable bonds is 7. The second-order valence-corrected chi connectivity index (χ2v) is 9.53. The predicted octanol–water partition coefficient (Wildman–Crippen LogP) is 7.24. The molecule has 2 aromatic carbocycles. The first-order chi connectivity index (χ1) is 16.0. The summed E-state index contributed by atoms with van der Waals surface area (Å²) in [5.74, 6) is -1.03. The van der Waals surface area contributed by atoms with Gasteiger partial charge in [0, 0.05) is 26.0 Å². The average molecular weight is 494 g/mol. The van der Waals surface area contributed by atoms with Crippen LogP contribution in [-0.2, 0) is 14.3 Å². The minimum Gasteiger partial charge on any atom is -0.444 e. The Hall–Kier alpha value is -3.19. The second-order valence-electron chi connectivity index (χ2n) is 7.20. The molecule has 0 aliphatic rings. The van der Waals surface area contributed by atoms with Crippen molar-refractivity contribution in [3.63, 3.8) is 0 Å². The molecule has 2 heterocycles. The number of halogens is 1. The first kappa shape index (κ1) is 23.0. The summed E-state index contributed by atoms with van der Waals surface area (Å²) < 4.78 is 5.82. The Morgan fingerprint density at radius 1 is 0.970 bits per heavy atom. The number of ether oxygens (including phenoxy) is 1. The summed E-state index contributed by atoms with van der Waals surface area (Å²) in [5.41, 5.74) is 2.41. The fourth-order valence-corrected chi connectivity index (χ4v) is 4.70. The molecule has 4 aromatic rings. The molecule has 1 N–H and O–H groups in total. The summed E-state index contributed by atoms with van der Waals surface area (Å²) in [6, 6.07) is 21.8. The van der Waals surface area contributed by atoms with Crippen LogP contribution in [0, 0.1) is 6.92 Å². The zero-order chi connectivity index (χ0) is 23.2. The van der Waals surface area contributed by atoms with E-state index in [1.165, 1.54) is 22.7 Å². The fourth-order valence-electron chi connectivity index (χ4n) is 3.13. The minimum absolute atomic E-state index is 0.402. The lowest BCUT2D eigenvalue weighted by atomic mass is 10.1. The Morgan fingerprint density at radius 3 is 2.39 bits per heavy atom. The number of carbonyl (C=O) groups excluding carboxylic acids is 2. The molecule has 0 saturated heterocycles. The molecular formula is C26H20ClNO3S2. The van der Waals surface area contributed by atoms with Crippen LogP contribution in [-0.4, -0.2) is 11.9 Å². The third-order valence-electron chi connectivity index (χ3n) is 4.84. The van der Waals surface area contributed by atoms with Crippen LogP contribution in [0.4, 0.5) is 5.69 Å². The van der Waals surface area contributed by atoms with E-state index in [1.54, 1.807) is 42.5 Å². The Balaban J connectivity index is 1.63. The number of amides is 1. The molecule has 166 valence electrons. The summed E-state index contributed by atoms with van der Waals surface area (Å²) in [6.45, 7) is 1.88. The van der Waals surface area contributed by atoms with E-state index in [0.717, 1.165) is 15.3 Å². The molecule has 1 amide bonds. The quantitative estimate of drug-likeness (QED) is 0.218. The highest BCUT2D eigenvalue weighted by Crippen LogP contribution is 2.29. The number of anilines is 1. The normalized spacial score (nSPS) is 12.2. The molecule has 0 bridgehead atoms. The molecule has 33 heavy (non-hydrogen) atoms. The lowest BCUT2D eigenvalue weighted by Crippen LogP contribution is -2.26. The number of aryl methyl sites for hydroxylation is 1. The average Bonchev–Trinajstić information content (AvgIpc) is 3.53. The Labute approximate surface area is 205 Å². The van der Waals surface area contributed by atoms with Crippen LogP contribution >= 0.6 is 34.3 Å². The SMILES string of the molecule is Cc1ccc(NC(=O)[C@H](OC(=O)/C(=C/c2cccs2)c2cccs2)c2ccccc2)cc1Cl. The number of esters is 1. The number of benzene rings is 2. The Bertz CT molecular complexity index is 1270. The molecular weight excluding hydrogens is 474 g/mol. The molecule has 4 nitrogen and oxygen atoms in total. The molecule has 0 unspecified atom stereocenters. The molecule has 0 fully saturated rings. The van der Waals surface area contributed by atoms with E-state index in [1.807, 2.05) is 54.1 Å². The van der Waals surface area contributed by atoms with Crippen LogP contribution in [0.25, 0.3) is 11.6 Å². The van der Waals surface area contributed by atoms with E-state index >= 15 is 0 Å². The van der Waals surface area contributed by atoms with Gasteiger partial charge in [0.25, 0.3) is 5.91 Å². The summed E-state index contributed by atoms with van der Waals surface area (Å²) in [7, 11) is 0. The first-order valence-electron chi connectivity index (χ1n) is 10.1. The number of carbonyl (C=O) groups is 2. The second kappa shape index (κ2) is 10.6. The van der Waals surface area contributed by atoms with Crippen LogP contribution in [0.2, 0.25) is 5.02 Å². The first-order valence-corrected chi connectivity index (χ1v) is 12.3. The molecule has 2 aromatic heterocycles. The van der Waals surface area contributed by atoms with E-state index in [4.69, 9.17) is 16.3 Å². The van der Waals surface area contributed by atoms with E-state index in [2.05, 4.69) is 5.32 Å². The maximum absolute atomic E-state index is 13.3. The van der Waals surface area contributed by atoms with Gasteiger partial charge < -0.3 is 10.1 Å². The number of nitrogens with one attached hydrogen (secondary N) is 1. The number of thiophene rings is 2. The third kappa shape index (κ3) is 5.79. The monoisotopic (exact) mass is 493 g/mol. The smallest absolute Gasteiger partial charge is 0.340 e. The van der Waals surface area contributed by atoms with Gasteiger partial charge in [-0.2, -0.15) is 0 Å². The van der Waals surface area contributed by atoms with Gasteiger partial charge in [0.1, 0.15) is 0 Å². The van der Waals surface area contributed by atoms with Gasteiger partial charge in [0.2, 0.25) is 6.10 Å². The molecule has 0 saturated carbocycles. The molecule has 0 radical (unpaired) electrons. The number of hydrogen-bond acceptors (Lipinski definition) is 5. The van der Waals surface area contributed by atoms with Gasteiger partial charge in [-0.25, -0.2) is 4.79 Å². The van der Waals surface area contributed by atoms with Crippen molar-refractivity contribution in [3.05, 3.63) is 109 Å². The maximum atomic E-state index is 13.3. The highest BCUT2D eigenvalue weighted by atomic mass is 35.5. The Kier molecular flexibility index (Phi) is 7.40. The molecule has 0 spiro atoms. The largest absolute Gasteiger partial charge is 0.444 e. The van der Waals surface area contributed by atoms with Crippen LogP contribution in [0.1, 0.15) is 27.0 Å². The van der Waals surface area contributed by atoms with Crippen molar-refractivity contribution in [1.29, 1.82) is 0 Å². The van der Waals surface area contributed by atoms with Gasteiger partial charge in [-0.1, -0.05) is 60.1 Å². The zero-order valence-electron chi connectivity index (χ0n) is 17.7. The maximum Gasteiger partial charge on any atom is 0.340 e. The van der Waals surface area contributed by atoms with E-state index in [9.17, 15) is 9.59 Å². The van der Waals surface area contributed by atoms with Gasteiger partial charge in [-0.05, 0) is 53.6 Å². The van der Waals surface area contributed by atoms with E-state index in [-0.39, 0.29) is 0 Å². The lowest BCUT2D eigenvalue weighted by Gasteiger charge is -2.19. The minimum atomic E-state index is -1.13. The third-order valence-corrected chi connectivity index (χ3v) is 6.97. The van der Waals surface area contributed by atoms with Gasteiger partial charge in [-0.15, -0.1) is 22.7 Å². The van der Waals surface area contributed by atoms with Crippen LogP contribution < -0.4 is 5.32 Å². The van der Waals surface area contributed by atoms with Gasteiger partial charge in [0.15, 0.2) is 0 Å². The highest BCUT2D eigenvalue weighted by Gasteiger charge is 2.27. The van der Waals surface area contributed by atoms with Crippen LogP contribution in [0.3, 0.4) is 0 Å². The summed E-state index contributed by atoms with van der Waals surface area (Å²) in [6.07, 6.45) is 0.656. The van der Waals surface area contributed by atoms with E-state index in [0.29, 0.717) is 21.8 Å².